The largest absolute Gasteiger partial charge is 0.480 e. The molecule has 1 fully saturated rings. The molecule has 6 nitrogen and oxygen atoms in total. The Bertz CT molecular complexity index is 495. The van der Waals surface area contributed by atoms with Gasteiger partial charge in [-0.1, -0.05) is 0 Å². The van der Waals surface area contributed by atoms with Gasteiger partial charge in [0.1, 0.15) is 5.54 Å². The maximum Gasteiger partial charge on any atom is 0.329 e. The molecule has 0 bridgehead atoms. The number of aliphatic carboxylic acids is 1. The Morgan fingerprint density at radius 3 is 2.74 bits per heavy atom. The summed E-state index contributed by atoms with van der Waals surface area (Å²) in [6.07, 6.45) is 2.05. The number of rotatable bonds is 3. The topological polar surface area (TPSA) is 80.0 Å². The van der Waals surface area contributed by atoms with Crippen LogP contribution in [0.2, 0.25) is 0 Å². The quantitative estimate of drug-likeness (QED) is 0.902. The number of amides is 1. The number of likely N-dealkylation sites (tertiary alicyclic amines) is 1. The summed E-state index contributed by atoms with van der Waals surface area (Å²) in [7, 11) is 1.44. The van der Waals surface area contributed by atoms with Gasteiger partial charge in [0.2, 0.25) is 0 Å². The molecule has 0 saturated carbocycles. The molecule has 0 aromatic carbocycles. The Hall–Kier alpha value is -1.98. The van der Waals surface area contributed by atoms with Crippen LogP contribution >= 0.6 is 0 Å². The maximum atomic E-state index is 12.4. The Balaban J connectivity index is 2.27. The smallest absolute Gasteiger partial charge is 0.329 e. The zero-order valence-corrected chi connectivity index (χ0v) is 11.0. The number of ether oxygens (including phenoxy) is 1. The van der Waals surface area contributed by atoms with Crippen LogP contribution in [0.15, 0.2) is 16.5 Å². The summed E-state index contributed by atoms with van der Waals surface area (Å²) in [4.78, 5) is 25.2. The molecule has 1 unspecified atom stereocenters. The lowest BCUT2D eigenvalue weighted by Crippen LogP contribution is -2.57. The Morgan fingerprint density at radius 1 is 1.42 bits per heavy atom. The van der Waals surface area contributed by atoms with E-state index in [4.69, 9.17) is 9.15 Å². The predicted molar refractivity (Wildman–Crippen MR) is 66.2 cm³/mol. The van der Waals surface area contributed by atoms with E-state index in [-0.39, 0.29) is 11.7 Å². The first-order valence-electron chi connectivity index (χ1n) is 6.18. The lowest BCUT2D eigenvalue weighted by atomic mass is 9.88. The van der Waals surface area contributed by atoms with Gasteiger partial charge in [0.25, 0.3) is 11.9 Å². The predicted octanol–water partition coefficient (Wildman–Crippen LogP) is 1.76. The maximum absolute atomic E-state index is 12.4. The Morgan fingerprint density at radius 2 is 2.16 bits per heavy atom. The number of hydrogen-bond acceptors (Lipinski definition) is 4. The monoisotopic (exact) mass is 267 g/mol. The second-order valence-corrected chi connectivity index (χ2v) is 4.82. The average Bonchev–Trinajstić information content (AvgIpc) is 2.87. The van der Waals surface area contributed by atoms with Crippen molar-refractivity contribution in [3.05, 3.63) is 17.9 Å². The number of carboxylic acids is 1. The molecule has 2 rings (SSSR count). The fourth-order valence-electron chi connectivity index (χ4n) is 2.35. The van der Waals surface area contributed by atoms with Gasteiger partial charge < -0.3 is 19.2 Å². The number of carboxylic acid groups (broad SMARTS) is 1. The highest BCUT2D eigenvalue weighted by atomic mass is 16.6. The molecule has 0 radical (unpaired) electrons. The first kappa shape index (κ1) is 13.5. The summed E-state index contributed by atoms with van der Waals surface area (Å²) >= 11 is 0. The van der Waals surface area contributed by atoms with Gasteiger partial charge in [-0.15, -0.1) is 0 Å². The number of hydrogen-bond donors (Lipinski definition) is 1. The lowest BCUT2D eigenvalue weighted by molar-refractivity contribution is -0.150. The molecule has 1 atom stereocenters. The van der Waals surface area contributed by atoms with E-state index >= 15 is 0 Å². The molecule has 1 N–H and O–H groups in total. The fourth-order valence-corrected chi connectivity index (χ4v) is 2.35. The molecule has 2 heterocycles. The summed E-state index contributed by atoms with van der Waals surface area (Å²) < 4.78 is 10.1. The van der Waals surface area contributed by atoms with Crippen LogP contribution in [0.25, 0.3) is 0 Å². The average molecular weight is 267 g/mol. The first-order chi connectivity index (χ1) is 8.99. The third-order valence-corrected chi connectivity index (χ3v) is 3.59. The summed E-state index contributed by atoms with van der Waals surface area (Å²) in [6.45, 7) is 2.00. The van der Waals surface area contributed by atoms with Crippen LogP contribution in [-0.2, 0) is 4.79 Å². The van der Waals surface area contributed by atoms with Crippen molar-refractivity contribution in [3.8, 4) is 5.95 Å². The summed E-state index contributed by atoms with van der Waals surface area (Å²) in [5.41, 5.74) is -1.17. The van der Waals surface area contributed by atoms with Crippen molar-refractivity contribution >= 4 is 11.9 Å². The SMILES string of the molecule is COc1ccc(C(=O)N2CCCCC2(C)C(=O)O)o1. The van der Waals surface area contributed by atoms with Crippen LogP contribution in [0.4, 0.5) is 0 Å². The molecule has 104 valence electrons. The lowest BCUT2D eigenvalue weighted by Gasteiger charge is -2.41. The molecule has 1 aliphatic heterocycles. The fraction of sp³-hybridized carbons (Fsp3) is 0.538. The second kappa shape index (κ2) is 4.95. The van der Waals surface area contributed by atoms with Crippen LogP contribution < -0.4 is 4.74 Å². The van der Waals surface area contributed by atoms with Crippen molar-refractivity contribution in [1.82, 2.24) is 4.90 Å². The van der Waals surface area contributed by atoms with Gasteiger partial charge in [0, 0.05) is 12.6 Å². The molecule has 1 saturated heterocycles. The number of furan rings is 1. The molecule has 1 aliphatic rings. The summed E-state index contributed by atoms with van der Waals surface area (Å²) in [5.74, 6) is -1.06. The molecular weight excluding hydrogens is 250 g/mol. The minimum Gasteiger partial charge on any atom is -0.480 e. The van der Waals surface area contributed by atoms with E-state index in [0.29, 0.717) is 13.0 Å². The highest BCUT2D eigenvalue weighted by molar-refractivity contribution is 5.96. The minimum atomic E-state index is -1.17. The van der Waals surface area contributed by atoms with Gasteiger partial charge in [-0.2, -0.15) is 0 Å². The van der Waals surface area contributed by atoms with E-state index in [1.807, 2.05) is 0 Å². The molecule has 6 heteroatoms. The standard InChI is InChI=1S/C13H17NO5/c1-13(12(16)17)7-3-4-8-14(13)11(15)9-5-6-10(18-2)19-9/h5-6H,3-4,7-8H2,1-2H3,(H,16,17). The van der Waals surface area contributed by atoms with Crippen molar-refractivity contribution in [2.75, 3.05) is 13.7 Å². The van der Waals surface area contributed by atoms with E-state index in [1.54, 1.807) is 6.92 Å². The van der Waals surface area contributed by atoms with Crippen molar-refractivity contribution in [3.63, 3.8) is 0 Å². The third kappa shape index (κ3) is 2.30. The van der Waals surface area contributed by atoms with E-state index in [9.17, 15) is 14.7 Å². The molecule has 1 aromatic rings. The van der Waals surface area contributed by atoms with E-state index < -0.39 is 17.4 Å². The van der Waals surface area contributed by atoms with Crippen molar-refractivity contribution in [2.24, 2.45) is 0 Å². The number of piperidine rings is 1. The Kier molecular flexibility index (Phi) is 3.50. The number of nitrogens with zero attached hydrogens (tertiary/aromatic N) is 1. The van der Waals surface area contributed by atoms with Gasteiger partial charge in [0.15, 0.2) is 5.76 Å². The molecule has 1 amide bonds. The summed E-state index contributed by atoms with van der Waals surface area (Å²) in [5, 5.41) is 9.37. The first-order valence-corrected chi connectivity index (χ1v) is 6.18. The molecule has 0 spiro atoms. The normalized spacial score (nSPS) is 23.2. The molecule has 0 aliphatic carbocycles. The van der Waals surface area contributed by atoms with Crippen LogP contribution in [0.5, 0.6) is 5.95 Å². The number of methoxy groups -OCH3 is 1. The number of carbonyl (C=O) groups excluding carboxylic acids is 1. The van der Waals surface area contributed by atoms with Gasteiger partial charge in [0.05, 0.1) is 7.11 Å². The highest BCUT2D eigenvalue weighted by Gasteiger charge is 2.44. The van der Waals surface area contributed by atoms with Crippen LogP contribution in [0.3, 0.4) is 0 Å². The van der Waals surface area contributed by atoms with Gasteiger partial charge in [-0.3, -0.25) is 4.79 Å². The zero-order valence-electron chi connectivity index (χ0n) is 11.0. The van der Waals surface area contributed by atoms with E-state index in [1.165, 1.54) is 24.1 Å². The van der Waals surface area contributed by atoms with E-state index in [0.717, 1.165) is 12.8 Å². The Labute approximate surface area is 110 Å². The highest BCUT2D eigenvalue weighted by Crippen LogP contribution is 2.30. The van der Waals surface area contributed by atoms with Crippen LogP contribution in [0.1, 0.15) is 36.7 Å². The van der Waals surface area contributed by atoms with Crippen molar-refractivity contribution < 1.29 is 23.8 Å². The third-order valence-electron chi connectivity index (χ3n) is 3.59. The van der Waals surface area contributed by atoms with E-state index in [2.05, 4.69) is 0 Å². The molecule has 1 aromatic heterocycles. The van der Waals surface area contributed by atoms with Gasteiger partial charge in [-0.05, 0) is 32.3 Å². The minimum absolute atomic E-state index is 0.103. The summed E-state index contributed by atoms with van der Waals surface area (Å²) in [6, 6.07) is 3.04. The molecular formula is C13H17NO5. The van der Waals surface area contributed by atoms with Crippen LogP contribution in [-0.4, -0.2) is 41.1 Å². The van der Waals surface area contributed by atoms with Crippen molar-refractivity contribution in [1.29, 1.82) is 0 Å². The van der Waals surface area contributed by atoms with Gasteiger partial charge >= 0.3 is 5.97 Å². The molecule has 19 heavy (non-hydrogen) atoms. The van der Waals surface area contributed by atoms with Crippen molar-refractivity contribution in [2.45, 2.75) is 31.7 Å². The van der Waals surface area contributed by atoms with Gasteiger partial charge in [-0.25, -0.2) is 4.79 Å². The second-order valence-electron chi connectivity index (χ2n) is 4.82. The van der Waals surface area contributed by atoms with Crippen LogP contribution in [0, 0.1) is 0 Å². The zero-order chi connectivity index (χ0) is 14.0. The number of carbonyl (C=O) groups is 2.